The minimum Gasteiger partial charge on any atom is -0.352 e. The zero-order valence-electron chi connectivity index (χ0n) is 12.7. The van der Waals surface area contributed by atoms with Crippen LogP contribution in [0.15, 0.2) is 0 Å². The number of piperidine rings is 1. The molecule has 18 heavy (non-hydrogen) atoms. The van der Waals surface area contributed by atoms with E-state index in [-0.39, 0.29) is 5.91 Å². The quantitative estimate of drug-likeness (QED) is 0.810. The Morgan fingerprint density at radius 1 is 1.39 bits per heavy atom. The number of nitrogens with one attached hydrogen (secondary N) is 2. The van der Waals surface area contributed by atoms with Gasteiger partial charge in [0.15, 0.2) is 0 Å². The molecule has 3 nitrogen and oxygen atoms in total. The molecule has 2 N–H and O–H groups in total. The highest BCUT2D eigenvalue weighted by molar-refractivity contribution is 5.76. The van der Waals surface area contributed by atoms with E-state index in [0.717, 1.165) is 25.8 Å². The monoisotopic (exact) mass is 254 g/mol. The average Bonchev–Trinajstić information content (AvgIpc) is 2.18. The Morgan fingerprint density at radius 2 is 2.06 bits per heavy atom. The molecule has 0 aromatic rings. The fourth-order valence-electron chi connectivity index (χ4n) is 2.84. The molecule has 3 unspecified atom stereocenters. The summed E-state index contributed by atoms with van der Waals surface area (Å²) in [6, 6.07) is 0.925. The van der Waals surface area contributed by atoms with Gasteiger partial charge in [-0.25, -0.2) is 0 Å². The topological polar surface area (TPSA) is 41.1 Å². The Morgan fingerprint density at radius 3 is 2.56 bits per heavy atom. The highest BCUT2D eigenvalue weighted by Crippen LogP contribution is 2.25. The van der Waals surface area contributed by atoms with Crippen LogP contribution in [0.4, 0.5) is 0 Å². The van der Waals surface area contributed by atoms with Gasteiger partial charge in [-0.05, 0) is 37.5 Å². The van der Waals surface area contributed by atoms with Crippen LogP contribution in [-0.4, -0.2) is 24.5 Å². The molecule has 0 bridgehead atoms. The Kier molecular flexibility index (Phi) is 5.64. The molecule has 0 radical (unpaired) electrons. The molecule has 1 aliphatic heterocycles. The van der Waals surface area contributed by atoms with Crippen LogP contribution in [0.5, 0.6) is 0 Å². The van der Waals surface area contributed by atoms with E-state index in [1.807, 2.05) is 0 Å². The van der Waals surface area contributed by atoms with Crippen molar-refractivity contribution in [1.29, 1.82) is 0 Å². The molecule has 1 amide bonds. The second kappa shape index (κ2) is 6.55. The standard InChI is InChI=1S/C15H30N2O/c1-11(9-15(3,4)5)8-14(18)17-13-7-6-12(2)16-10-13/h11-13,16H,6-10H2,1-5H3,(H,17,18). The number of hydrogen-bond acceptors (Lipinski definition) is 2. The summed E-state index contributed by atoms with van der Waals surface area (Å²) in [5.74, 6) is 0.675. The van der Waals surface area contributed by atoms with Crippen LogP contribution < -0.4 is 10.6 Å². The van der Waals surface area contributed by atoms with Gasteiger partial charge in [0.05, 0.1) is 0 Å². The third kappa shape index (κ3) is 6.39. The van der Waals surface area contributed by atoms with Crippen LogP contribution in [0.25, 0.3) is 0 Å². The molecule has 3 heteroatoms. The first-order valence-corrected chi connectivity index (χ1v) is 7.29. The van der Waals surface area contributed by atoms with Gasteiger partial charge in [0, 0.05) is 25.0 Å². The molecule has 1 aliphatic rings. The number of carbonyl (C=O) groups is 1. The van der Waals surface area contributed by atoms with Gasteiger partial charge in [0.2, 0.25) is 5.91 Å². The maximum Gasteiger partial charge on any atom is 0.220 e. The fraction of sp³-hybridized carbons (Fsp3) is 0.933. The van der Waals surface area contributed by atoms with Crippen LogP contribution in [-0.2, 0) is 4.79 Å². The molecule has 0 spiro atoms. The number of amides is 1. The summed E-state index contributed by atoms with van der Waals surface area (Å²) < 4.78 is 0. The summed E-state index contributed by atoms with van der Waals surface area (Å²) in [5.41, 5.74) is 0.307. The molecule has 106 valence electrons. The molecule has 0 aromatic heterocycles. The molecule has 0 aromatic carbocycles. The Hall–Kier alpha value is -0.570. The van der Waals surface area contributed by atoms with Gasteiger partial charge >= 0.3 is 0 Å². The van der Waals surface area contributed by atoms with Crippen molar-refractivity contribution in [3.05, 3.63) is 0 Å². The van der Waals surface area contributed by atoms with Crippen molar-refractivity contribution in [2.75, 3.05) is 6.54 Å². The van der Waals surface area contributed by atoms with Crippen LogP contribution in [0.1, 0.15) is 60.3 Å². The third-order valence-corrected chi connectivity index (χ3v) is 3.52. The van der Waals surface area contributed by atoms with Crippen LogP contribution >= 0.6 is 0 Å². The van der Waals surface area contributed by atoms with Crippen LogP contribution in [0, 0.1) is 11.3 Å². The fourth-order valence-corrected chi connectivity index (χ4v) is 2.84. The van der Waals surface area contributed by atoms with Crippen molar-refractivity contribution in [1.82, 2.24) is 10.6 Å². The molecular weight excluding hydrogens is 224 g/mol. The molecule has 0 saturated carbocycles. The Labute approximate surface area is 112 Å². The molecule has 1 saturated heterocycles. The van der Waals surface area contributed by atoms with Crippen molar-refractivity contribution in [3.8, 4) is 0 Å². The van der Waals surface area contributed by atoms with E-state index in [1.165, 1.54) is 0 Å². The maximum atomic E-state index is 12.0. The summed E-state index contributed by atoms with van der Waals surface area (Å²) >= 11 is 0. The predicted octanol–water partition coefficient (Wildman–Crippen LogP) is 2.71. The largest absolute Gasteiger partial charge is 0.352 e. The smallest absolute Gasteiger partial charge is 0.220 e. The third-order valence-electron chi connectivity index (χ3n) is 3.52. The van der Waals surface area contributed by atoms with Crippen molar-refractivity contribution in [2.24, 2.45) is 11.3 Å². The highest BCUT2D eigenvalue weighted by Gasteiger charge is 2.21. The van der Waals surface area contributed by atoms with E-state index < -0.39 is 0 Å². The minimum absolute atomic E-state index is 0.216. The summed E-state index contributed by atoms with van der Waals surface area (Å²) in [7, 11) is 0. The van der Waals surface area contributed by atoms with Gasteiger partial charge < -0.3 is 10.6 Å². The van der Waals surface area contributed by atoms with E-state index in [4.69, 9.17) is 0 Å². The SMILES string of the molecule is CC(CC(=O)NC1CCC(C)NC1)CC(C)(C)C. The lowest BCUT2D eigenvalue weighted by Crippen LogP contribution is -2.48. The summed E-state index contributed by atoms with van der Waals surface area (Å²) in [5, 5.41) is 6.57. The van der Waals surface area contributed by atoms with Crippen LogP contribution in [0.3, 0.4) is 0 Å². The first-order chi connectivity index (χ1) is 8.26. The second-order valence-electron chi connectivity index (χ2n) is 7.23. The maximum absolute atomic E-state index is 12.0. The summed E-state index contributed by atoms with van der Waals surface area (Å²) in [6.07, 6.45) is 4.01. The normalized spacial score (nSPS) is 26.7. The zero-order chi connectivity index (χ0) is 13.8. The van der Waals surface area contributed by atoms with Crippen molar-refractivity contribution < 1.29 is 4.79 Å². The van der Waals surface area contributed by atoms with Crippen LogP contribution in [0.2, 0.25) is 0 Å². The number of hydrogen-bond donors (Lipinski definition) is 2. The summed E-state index contributed by atoms with van der Waals surface area (Å²) in [4.78, 5) is 12.0. The molecule has 1 heterocycles. The van der Waals surface area contributed by atoms with E-state index >= 15 is 0 Å². The van der Waals surface area contributed by atoms with E-state index in [0.29, 0.717) is 29.8 Å². The summed E-state index contributed by atoms with van der Waals surface area (Å²) in [6.45, 7) is 12.0. The lowest BCUT2D eigenvalue weighted by Gasteiger charge is -2.29. The number of carbonyl (C=O) groups excluding carboxylic acids is 1. The molecule has 1 fully saturated rings. The minimum atomic E-state index is 0.216. The number of rotatable bonds is 4. The van der Waals surface area contributed by atoms with Gasteiger partial charge in [-0.1, -0.05) is 27.7 Å². The Balaban J connectivity index is 2.25. The van der Waals surface area contributed by atoms with Crippen molar-refractivity contribution >= 4 is 5.91 Å². The highest BCUT2D eigenvalue weighted by atomic mass is 16.1. The van der Waals surface area contributed by atoms with E-state index in [1.54, 1.807) is 0 Å². The average molecular weight is 254 g/mol. The zero-order valence-corrected chi connectivity index (χ0v) is 12.7. The lowest BCUT2D eigenvalue weighted by molar-refractivity contribution is -0.122. The predicted molar refractivity (Wildman–Crippen MR) is 76.5 cm³/mol. The Bertz CT molecular complexity index is 262. The van der Waals surface area contributed by atoms with E-state index in [9.17, 15) is 4.79 Å². The van der Waals surface area contributed by atoms with Crippen molar-refractivity contribution in [3.63, 3.8) is 0 Å². The van der Waals surface area contributed by atoms with Gasteiger partial charge in [0.25, 0.3) is 0 Å². The van der Waals surface area contributed by atoms with Gasteiger partial charge in [0.1, 0.15) is 0 Å². The van der Waals surface area contributed by atoms with Gasteiger partial charge in [-0.3, -0.25) is 4.79 Å². The molecular formula is C15H30N2O. The molecule has 3 atom stereocenters. The van der Waals surface area contributed by atoms with Crippen molar-refractivity contribution in [2.45, 2.75) is 72.4 Å². The first kappa shape index (κ1) is 15.5. The first-order valence-electron chi connectivity index (χ1n) is 7.29. The van der Waals surface area contributed by atoms with E-state index in [2.05, 4.69) is 45.3 Å². The van der Waals surface area contributed by atoms with Gasteiger partial charge in [-0.15, -0.1) is 0 Å². The molecule has 1 rings (SSSR count). The molecule has 0 aliphatic carbocycles. The second-order valence-corrected chi connectivity index (χ2v) is 7.23. The lowest BCUT2D eigenvalue weighted by atomic mass is 9.84. The van der Waals surface area contributed by atoms with Gasteiger partial charge in [-0.2, -0.15) is 0 Å².